The molecule has 0 heterocycles. The SMILES string of the molecule is CCCC(Oc1ccc(C=O)cc1)C(=O)OCC. The molecule has 1 aromatic carbocycles. The second-order valence-corrected chi connectivity index (χ2v) is 3.83. The van der Waals surface area contributed by atoms with Crippen molar-refractivity contribution in [2.24, 2.45) is 0 Å². The van der Waals surface area contributed by atoms with Crippen molar-refractivity contribution >= 4 is 12.3 Å². The second kappa shape index (κ2) is 7.48. The minimum atomic E-state index is -0.586. The van der Waals surface area contributed by atoms with Crippen LogP contribution in [-0.2, 0) is 9.53 Å². The van der Waals surface area contributed by atoms with Crippen LogP contribution in [0.3, 0.4) is 0 Å². The third kappa shape index (κ3) is 4.20. The lowest BCUT2D eigenvalue weighted by atomic mass is 10.2. The molecule has 0 saturated carbocycles. The van der Waals surface area contributed by atoms with Crippen molar-refractivity contribution in [1.82, 2.24) is 0 Å². The Morgan fingerprint density at radius 3 is 2.44 bits per heavy atom. The molecule has 1 aromatic rings. The molecular formula is C14H18O4. The Kier molecular flexibility index (Phi) is 5.91. The van der Waals surface area contributed by atoms with Crippen LogP contribution in [0.4, 0.5) is 0 Å². The van der Waals surface area contributed by atoms with E-state index in [9.17, 15) is 9.59 Å². The number of ether oxygens (including phenoxy) is 2. The van der Waals surface area contributed by atoms with Crippen LogP contribution in [0.5, 0.6) is 5.75 Å². The monoisotopic (exact) mass is 250 g/mol. The van der Waals surface area contributed by atoms with Crippen LogP contribution in [-0.4, -0.2) is 25.0 Å². The summed E-state index contributed by atoms with van der Waals surface area (Å²) in [7, 11) is 0. The van der Waals surface area contributed by atoms with E-state index < -0.39 is 6.10 Å². The fraction of sp³-hybridized carbons (Fsp3) is 0.429. The lowest BCUT2D eigenvalue weighted by molar-refractivity contribution is -0.151. The Balaban J connectivity index is 2.69. The first-order valence-electron chi connectivity index (χ1n) is 6.09. The fourth-order valence-corrected chi connectivity index (χ4v) is 1.51. The van der Waals surface area contributed by atoms with Gasteiger partial charge in [-0.3, -0.25) is 4.79 Å². The predicted octanol–water partition coefficient (Wildman–Crippen LogP) is 2.61. The van der Waals surface area contributed by atoms with Crippen molar-refractivity contribution in [1.29, 1.82) is 0 Å². The lowest BCUT2D eigenvalue weighted by Crippen LogP contribution is -2.29. The largest absolute Gasteiger partial charge is 0.479 e. The van der Waals surface area contributed by atoms with Gasteiger partial charge in [0, 0.05) is 5.56 Å². The molecule has 0 amide bonds. The van der Waals surface area contributed by atoms with Crippen molar-refractivity contribution in [3.8, 4) is 5.75 Å². The van der Waals surface area contributed by atoms with Gasteiger partial charge >= 0.3 is 5.97 Å². The van der Waals surface area contributed by atoms with Crippen LogP contribution in [0, 0.1) is 0 Å². The maximum Gasteiger partial charge on any atom is 0.347 e. The van der Waals surface area contributed by atoms with Crippen molar-refractivity contribution in [2.75, 3.05) is 6.61 Å². The highest BCUT2D eigenvalue weighted by Gasteiger charge is 2.20. The minimum absolute atomic E-state index is 0.340. The molecule has 1 unspecified atom stereocenters. The van der Waals surface area contributed by atoms with Gasteiger partial charge in [-0.15, -0.1) is 0 Å². The summed E-state index contributed by atoms with van der Waals surface area (Å²) in [6.07, 6.45) is 1.61. The Labute approximate surface area is 107 Å². The highest BCUT2D eigenvalue weighted by atomic mass is 16.6. The molecule has 0 aliphatic heterocycles. The zero-order chi connectivity index (χ0) is 13.4. The van der Waals surface area contributed by atoms with Crippen LogP contribution < -0.4 is 4.74 Å². The molecule has 0 aliphatic carbocycles. The van der Waals surface area contributed by atoms with Crippen LogP contribution in [0.25, 0.3) is 0 Å². The van der Waals surface area contributed by atoms with E-state index in [1.54, 1.807) is 31.2 Å². The number of hydrogen-bond donors (Lipinski definition) is 0. The molecule has 4 heteroatoms. The van der Waals surface area contributed by atoms with E-state index in [-0.39, 0.29) is 5.97 Å². The molecule has 0 bridgehead atoms. The standard InChI is InChI=1S/C14H18O4/c1-3-5-13(14(16)17-4-2)18-12-8-6-11(10-15)7-9-12/h6-10,13H,3-5H2,1-2H3. The van der Waals surface area contributed by atoms with Crippen LogP contribution >= 0.6 is 0 Å². The van der Waals surface area contributed by atoms with E-state index in [1.807, 2.05) is 6.92 Å². The summed E-state index contributed by atoms with van der Waals surface area (Å²) < 4.78 is 10.5. The van der Waals surface area contributed by atoms with E-state index in [0.717, 1.165) is 12.7 Å². The first-order valence-corrected chi connectivity index (χ1v) is 6.09. The van der Waals surface area contributed by atoms with Crippen molar-refractivity contribution in [3.05, 3.63) is 29.8 Å². The predicted molar refractivity (Wildman–Crippen MR) is 67.8 cm³/mol. The maximum atomic E-state index is 11.7. The van der Waals surface area contributed by atoms with Gasteiger partial charge in [0.2, 0.25) is 0 Å². The third-order valence-corrected chi connectivity index (χ3v) is 2.39. The van der Waals surface area contributed by atoms with Gasteiger partial charge in [-0.25, -0.2) is 4.79 Å². The topological polar surface area (TPSA) is 52.6 Å². The van der Waals surface area contributed by atoms with E-state index in [2.05, 4.69) is 0 Å². The molecule has 0 radical (unpaired) electrons. The molecule has 0 fully saturated rings. The first kappa shape index (κ1) is 14.2. The van der Waals surface area contributed by atoms with Gasteiger partial charge in [0.1, 0.15) is 12.0 Å². The Bertz CT molecular complexity index is 383. The summed E-state index contributed by atoms with van der Waals surface area (Å²) >= 11 is 0. The molecule has 0 N–H and O–H groups in total. The van der Waals surface area contributed by atoms with Crippen molar-refractivity contribution in [2.45, 2.75) is 32.8 Å². The Morgan fingerprint density at radius 2 is 1.94 bits per heavy atom. The summed E-state index contributed by atoms with van der Waals surface area (Å²) in [5, 5.41) is 0. The molecule has 0 aliphatic rings. The average Bonchev–Trinajstić information content (AvgIpc) is 2.39. The van der Waals surface area contributed by atoms with E-state index in [1.165, 1.54) is 0 Å². The molecule has 0 saturated heterocycles. The zero-order valence-electron chi connectivity index (χ0n) is 10.7. The highest BCUT2D eigenvalue weighted by molar-refractivity contribution is 5.76. The molecule has 18 heavy (non-hydrogen) atoms. The summed E-state index contributed by atoms with van der Waals surface area (Å²) in [5.74, 6) is 0.214. The number of carbonyl (C=O) groups excluding carboxylic acids is 2. The van der Waals surface area contributed by atoms with E-state index in [4.69, 9.17) is 9.47 Å². The second-order valence-electron chi connectivity index (χ2n) is 3.83. The minimum Gasteiger partial charge on any atom is -0.479 e. The lowest BCUT2D eigenvalue weighted by Gasteiger charge is -2.16. The molecular weight excluding hydrogens is 232 g/mol. The number of aldehydes is 1. The highest BCUT2D eigenvalue weighted by Crippen LogP contribution is 2.16. The number of hydrogen-bond acceptors (Lipinski definition) is 4. The molecule has 98 valence electrons. The van der Waals surface area contributed by atoms with E-state index >= 15 is 0 Å². The summed E-state index contributed by atoms with van der Waals surface area (Å²) in [6, 6.07) is 6.64. The van der Waals surface area contributed by atoms with Gasteiger partial charge in [0.05, 0.1) is 6.61 Å². The van der Waals surface area contributed by atoms with Crippen LogP contribution in [0.2, 0.25) is 0 Å². The summed E-state index contributed by atoms with van der Waals surface area (Å²) in [5.41, 5.74) is 0.575. The van der Waals surface area contributed by atoms with Gasteiger partial charge in [-0.2, -0.15) is 0 Å². The quantitative estimate of drug-likeness (QED) is 0.551. The molecule has 0 spiro atoms. The Hall–Kier alpha value is -1.84. The van der Waals surface area contributed by atoms with Gasteiger partial charge < -0.3 is 9.47 Å². The number of carbonyl (C=O) groups is 2. The van der Waals surface area contributed by atoms with Gasteiger partial charge in [-0.05, 0) is 37.6 Å². The molecule has 0 aromatic heterocycles. The Morgan fingerprint density at radius 1 is 1.28 bits per heavy atom. The van der Waals surface area contributed by atoms with Gasteiger partial charge in [-0.1, -0.05) is 13.3 Å². The maximum absolute atomic E-state index is 11.7. The smallest absolute Gasteiger partial charge is 0.347 e. The summed E-state index contributed by atoms with van der Waals surface area (Å²) in [6.45, 7) is 4.08. The summed E-state index contributed by atoms with van der Waals surface area (Å²) in [4.78, 5) is 22.2. The number of benzene rings is 1. The molecule has 1 atom stereocenters. The van der Waals surface area contributed by atoms with Gasteiger partial charge in [0.25, 0.3) is 0 Å². The van der Waals surface area contributed by atoms with Crippen LogP contribution in [0.15, 0.2) is 24.3 Å². The van der Waals surface area contributed by atoms with Crippen molar-refractivity contribution < 1.29 is 19.1 Å². The first-order chi connectivity index (χ1) is 8.71. The van der Waals surface area contributed by atoms with E-state index in [0.29, 0.717) is 24.3 Å². The normalized spacial score (nSPS) is 11.7. The number of rotatable bonds is 7. The van der Waals surface area contributed by atoms with Crippen LogP contribution in [0.1, 0.15) is 37.0 Å². The van der Waals surface area contributed by atoms with Gasteiger partial charge in [0.15, 0.2) is 6.10 Å². The molecule has 1 rings (SSSR count). The fourth-order valence-electron chi connectivity index (χ4n) is 1.51. The average molecular weight is 250 g/mol. The molecule has 4 nitrogen and oxygen atoms in total. The third-order valence-electron chi connectivity index (χ3n) is 2.39. The number of esters is 1. The van der Waals surface area contributed by atoms with Crippen molar-refractivity contribution in [3.63, 3.8) is 0 Å². The zero-order valence-corrected chi connectivity index (χ0v) is 10.7.